The molecule has 28 heavy (non-hydrogen) atoms. The van der Waals surface area contributed by atoms with Gasteiger partial charge in [-0.3, -0.25) is 0 Å². The van der Waals surface area contributed by atoms with Crippen LogP contribution in [0.1, 0.15) is 77.3 Å². The van der Waals surface area contributed by atoms with Crippen molar-refractivity contribution >= 4 is 16.8 Å². The van der Waals surface area contributed by atoms with Crippen LogP contribution in [0.2, 0.25) is 0 Å². The van der Waals surface area contributed by atoms with Crippen molar-refractivity contribution in [1.29, 1.82) is 0 Å². The highest BCUT2D eigenvalue weighted by atomic mass is 16.3. The molecule has 0 amide bonds. The second-order valence-corrected chi connectivity index (χ2v) is 8.67. The summed E-state index contributed by atoms with van der Waals surface area (Å²) in [4.78, 5) is 0. The summed E-state index contributed by atoms with van der Waals surface area (Å²) in [6.07, 6.45) is 9.23. The van der Waals surface area contributed by atoms with E-state index in [2.05, 4.69) is 33.4 Å². The molecular formula is C26H36O2. The van der Waals surface area contributed by atoms with Gasteiger partial charge in [0.25, 0.3) is 0 Å². The number of benzene rings is 2. The Kier molecular flexibility index (Phi) is 8.20. The molecule has 0 aliphatic rings. The molecule has 0 spiro atoms. The Morgan fingerprint density at radius 1 is 0.964 bits per heavy atom. The molecule has 2 nitrogen and oxygen atoms in total. The Bertz CT molecular complexity index is 854. The van der Waals surface area contributed by atoms with Crippen LogP contribution in [0.15, 0.2) is 35.6 Å². The minimum absolute atomic E-state index is 0.213. The normalized spacial score (nSPS) is 12.2. The van der Waals surface area contributed by atoms with E-state index >= 15 is 0 Å². The molecule has 1 atom stereocenters. The lowest BCUT2D eigenvalue weighted by Crippen LogP contribution is -1.97. The minimum atomic E-state index is 0.213. The van der Waals surface area contributed by atoms with E-state index in [4.69, 9.17) is 0 Å². The molecule has 2 aromatic carbocycles. The van der Waals surface area contributed by atoms with Crippen LogP contribution in [-0.4, -0.2) is 10.2 Å². The van der Waals surface area contributed by atoms with Gasteiger partial charge in [-0.1, -0.05) is 70.7 Å². The molecule has 0 heterocycles. The van der Waals surface area contributed by atoms with E-state index in [1.54, 1.807) is 0 Å². The van der Waals surface area contributed by atoms with Crippen LogP contribution in [0.3, 0.4) is 0 Å². The second kappa shape index (κ2) is 10.4. The monoisotopic (exact) mass is 380 g/mol. The number of aromatic hydroxyl groups is 2. The van der Waals surface area contributed by atoms with Gasteiger partial charge in [-0.25, -0.2) is 0 Å². The van der Waals surface area contributed by atoms with Crippen molar-refractivity contribution in [2.24, 2.45) is 11.8 Å². The number of hydrogen-bond donors (Lipinski definition) is 2. The molecule has 0 aromatic heterocycles. The van der Waals surface area contributed by atoms with Crippen molar-refractivity contribution in [3.63, 3.8) is 0 Å². The number of fused-ring (bicyclic) bond motifs is 1. The summed E-state index contributed by atoms with van der Waals surface area (Å²) in [6, 6.07) is 7.39. The molecule has 1 unspecified atom stereocenters. The molecule has 2 heteroatoms. The predicted octanol–water partition coefficient (Wildman–Crippen LogP) is 7.75. The number of hydrogen-bond acceptors (Lipinski definition) is 2. The average Bonchev–Trinajstić information content (AvgIpc) is 2.66. The third-order valence-electron chi connectivity index (χ3n) is 5.64. The quantitative estimate of drug-likeness (QED) is 0.345. The van der Waals surface area contributed by atoms with Crippen LogP contribution >= 0.6 is 0 Å². The molecule has 0 bridgehead atoms. The summed E-state index contributed by atoms with van der Waals surface area (Å²) in [5.74, 6) is 2.02. The molecule has 2 N–H and O–H groups in total. The van der Waals surface area contributed by atoms with E-state index in [9.17, 15) is 10.2 Å². The van der Waals surface area contributed by atoms with Gasteiger partial charge in [-0.2, -0.15) is 0 Å². The molecule has 0 aliphatic heterocycles. The Hall–Kier alpha value is -2.18. The first-order chi connectivity index (χ1) is 13.3. The Balaban J connectivity index is 2.03. The summed E-state index contributed by atoms with van der Waals surface area (Å²) in [6.45, 7) is 10.9. The summed E-state index contributed by atoms with van der Waals surface area (Å²) >= 11 is 0. The molecule has 152 valence electrons. The lowest BCUT2D eigenvalue weighted by Gasteiger charge is -2.12. The number of phenolic OH excluding ortho intramolecular Hbond substituents is 2. The maximum Gasteiger partial charge on any atom is 0.131 e. The van der Waals surface area contributed by atoms with Crippen LogP contribution < -0.4 is 0 Å². The number of rotatable bonds is 9. The first-order valence-corrected chi connectivity index (χ1v) is 10.7. The Morgan fingerprint density at radius 2 is 1.57 bits per heavy atom. The van der Waals surface area contributed by atoms with Gasteiger partial charge >= 0.3 is 0 Å². The topological polar surface area (TPSA) is 40.5 Å². The van der Waals surface area contributed by atoms with Crippen LogP contribution in [0.25, 0.3) is 16.8 Å². The largest absolute Gasteiger partial charge is 0.507 e. The number of phenols is 2. The van der Waals surface area contributed by atoms with E-state index in [1.165, 1.54) is 37.7 Å². The third-order valence-corrected chi connectivity index (χ3v) is 5.64. The molecule has 0 fully saturated rings. The summed E-state index contributed by atoms with van der Waals surface area (Å²) < 4.78 is 0. The van der Waals surface area contributed by atoms with Crippen LogP contribution in [-0.2, 0) is 0 Å². The van der Waals surface area contributed by atoms with Crippen molar-refractivity contribution < 1.29 is 10.2 Å². The van der Waals surface area contributed by atoms with Gasteiger partial charge in [0.15, 0.2) is 0 Å². The van der Waals surface area contributed by atoms with Crippen LogP contribution in [0.5, 0.6) is 11.5 Å². The molecule has 2 rings (SSSR count). The van der Waals surface area contributed by atoms with E-state index < -0.39 is 0 Å². The van der Waals surface area contributed by atoms with E-state index in [1.807, 2.05) is 37.3 Å². The fourth-order valence-corrected chi connectivity index (χ4v) is 3.73. The van der Waals surface area contributed by atoms with Gasteiger partial charge in [-0.15, -0.1) is 5.73 Å². The van der Waals surface area contributed by atoms with Gasteiger partial charge in [-0.05, 0) is 50.2 Å². The molecule has 0 aliphatic carbocycles. The Labute approximate surface area is 170 Å². The lowest BCUT2D eigenvalue weighted by molar-refractivity contribution is 0.427. The molecule has 0 radical (unpaired) electrons. The SMILES string of the molecule is CC(=C=Cc1c(C)c(O)c2ccccc2c1O)CCCC(C)CCCC(C)C. The molecule has 2 aromatic rings. The highest BCUT2D eigenvalue weighted by Crippen LogP contribution is 2.39. The first-order valence-electron chi connectivity index (χ1n) is 10.7. The molecule has 0 saturated heterocycles. The van der Waals surface area contributed by atoms with Crippen molar-refractivity contribution in [3.05, 3.63) is 46.7 Å². The smallest absolute Gasteiger partial charge is 0.131 e. The summed E-state index contributed by atoms with van der Waals surface area (Å²) in [7, 11) is 0. The van der Waals surface area contributed by atoms with Crippen molar-refractivity contribution in [1.82, 2.24) is 0 Å². The van der Waals surface area contributed by atoms with Crippen molar-refractivity contribution in [3.8, 4) is 11.5 Å². The van der Waals surface area contributed by atoms with Gasteiger partial charge < -0.3 is 10.2 Å². The number of allylic oxidation sites excluding steroid dienone is 1. The highest BCUT2D eigenvalue weighted by Gasteiger charge is 2.13. The maximum absolute atomic E-state index is 10.6. The van der Waals surface area contributed by atoms with Crippen molar-refractivity contribution in [2.45, 2.75) is 73.1 Å². The maximum atomic E-state index is 10.6. The fraction of sp³-hybridized carbons (Fsp3) is 0.500. The fourth-order valence-electron chi connectivity index (χ4n) is 3.73. The molecule has 0 saturated carbocycles. The van der Waals surface area contributed by atoms with E-state index in [0.717, 1.165) is 18.3 Å². The lowest BCUT2D eigenvalue weighted by atomic mass is 9.94. The first kappa shape index (κ1) is 22.1. The van der Waals surface area contributed by atoms with Crippen molar-refractivity contribution in [2.75, 3.05) is 0 Å². The Morgan fingerprint density at radius 3 is 2.21 bits per heavy atom. The average molecular weight is 381 g/mol. The summed E-state index contributed by atoms with van der Waals surface area (Å²) in [5, 5.41) is 22.5. The van der Waals surface area contributed by atoms with Crippen LogP contribution in [0.4, 0.5) is 0 Å². The highest BCUT2D eigenvalue weighted by molar-refractivity contribution is 5.97. The minimum Gasteiger partial charge on any atom is -0.507 e. The zero-order valence-electron chi connectivity index (χ0n) is 18.2. The van der Waals surface area contributed by atoms with Gasteiger partial charge in [0.1, 0.15) is 11.5 Å². The van der Waals surface area contributed by atoms with E-state index in [0.29, 0.717) is 21.9 Å². The van der Waals surface area contributed by atoms with E-state index in [-0.39, 0.29) is 11.5 Å². The van der Waals surface area contributed by atoms with Gasteiger partial charge in [0.05, 0.1) is 0 Å². The predicted molar refractivity (Wildman–Crippen MR) is 121 cm³/mol. The van der Waals surface area contributed by atoms with Crippen LogP contribution in [0, 0.1) is 18.8 Å². The second-order valence-electron chi connectivity index (χ2n) is 8.67. The van der Waals surface area contributed by atoms with Gasteiger partial charge in [0.2, 0.25) is 0 Å². The summed E-state index contributed by atoms with van der Waals surface area (Å²) in [5.41, 5.74) is 5.85. The standard InChI is InChI=1S/C26H36O2/c1-18(2)10-8-11-19(3)12-9-13-20(4)16-17-22-21(5)25(27)23-14-6-7-15-24(23)26(22)28/h6-7,14-15,17-19,27-28H,8-13H2,1-5H3. The molecular weight excluding hydrogens is 344 g/mol. The zero-order valence-corrected chi connectivity index (χ0v) is 18.2. The van der Waals surface area contributed by atoms with Gasteiger partial charge in [0, 0.05) is 21.9 Å². The third kappa shape index (κ3) is 5.91. The zero-order chi connectivity index (χ0) is 20.7.